The summed E-state index contributed by atoms with van der Waals surface area (Å²) in [7, 11) is 1.61. The molecular weight excluding hydrogens is 263 g/mol. The minimum Gasteiger partial charge on any atom is -0.497 e. The molecule has 0 fully saturated rings. The van der Waals surface area contributed by atoms with Gasteiger partial charge in [-0.1, -0.05) is 11.8 Å². The zero-order chi connectivity index (χ0) is 13.8. The summed E-state index contributed by atoms with van der Waals surface area (Å²) in [6, 6.07) is 11.7. The topological polar surface area (TPSA) is 26.3 Å². The maximum Gasteiger partial charge on any atom is 0.161 e. The largest absolute Gasteiger partial charge is 0.497 e. The molecule has 0 aliphatic heterocycles. The van der Waals surface area contributed by atoms with Gasteiger partial charge < -0.3 is 4.74 Å². The van der Waals surface area contributed by atoms with E-state index in [-0.39, 0.29) is 5.78 Å². The summed E-state index contributed by atoms with van der Waals surface area (Å²) in [5, 5.41) is 0. The fourth-order valence-electron chi connectivity index (χ4n) is 1.64. The van der Waals surface area contributed by atoms with Crippen LogP contribution in [0.5, 0.6) is 5.75 Å². The summed E-state index contributed by atoms with van der Waals surface area (Å²) in [6.07, 6.45) is 0. The van der Waals surface area contributed by atoms with Crippen LogP contribution in [0.3, 0.4) is 0 Å². The lowest BCUT2D eigenvalue weighted by molar-refractivity contribution is 0.101. The van der Waals surface area contributed by atoms with Gasteiger partial charge in [-0.3, -0.25) is 4.79 Å². The average molecular weight is 276 g/mol. The first-order valence-corrected chi connectivity index (χ1v) is 6.54. The van der Waals surface area contributed by atoms with Gasteiger partial charge in [0, 0.05) is 15.4 Å². The third-order valence-electron chi connectivity index (χ3n) is 2.61. The average Bonchev–Trinajstić information content (AvgIpc) is 2.41. The number of halogens is 1. The van der Waals surface area contributed by atoms with Gasteiger partial charge in [0.1, 0.15) is 11.6 Å². The molecule has 2 aromatic rings. The Morgan fingerprint density at radius 2 is 1.84 bits per heavy atom. The molecule has 0 saturated carbocycles. The van der Waals surface area contributed by atoms with E-state index in [1.165, 1.54) is 30.8 Å². The summed E-state index contributed by atoms with van der Waals surface area (Å²) < 4.78 is 18.3. The van der Waals surface area contributed by atoms with E-state index in [0.29, 0.717) is 5.56 Å². The molecule has 0 aliphatic carbocycles. The Labute approximate surface area is 115 Å². The molecule has 2 aromatic carbocycles. The van der Waals surface area contributed by atoms with Crippen molar-refractivity contribution in [3.63, 3.8) is 0 Å². The van der Waals surface area contributed by atoms with Crippen molar-refractivity contribution in [3.8, 4) is 5.75 Å². The van der Waals surface area contributed by atoms with Crippen molar-refractivity contribution in [3.05, 3.63) is 53.8 Å². The van der Waals surface area contributed by atoms with E-state index in [4.69, 9.17) is 4.74 Å². The number of benzene rings is 2. The van der Waals surface area contributed by atoms with Gasteiger partial charge in [0.2, 0.25) is 0 Å². The first-order valence-electron chi connectivity index (χ1n) is 5.72. The molecule has 0 spiro atoms. The zero-order valence-electron chi connectivity index (χ0n) is 10.6. The van der Waals surface area contributed by atoms with Gasteiger partial charge in [0.15, 0.2) is 5.78 Å². The number of rotatable bonds is 4. The molecule has 0 unspecified atom stereocenters. The van der Waals surface area contributed by atoms with Crippen LogP contribution in [0.15, 0.2) is 52.3 Å². The molecule has 0 bridgehead atoms. The molecule has 0 N–H and O–H groups in total. The molecule has 19 heavy (non-hydrogen) atoms. The predicted molar refractivity (Wildman–Crippen MR) is 73.5 cm³/mol. The van der Waals surface area contributed by atoms with Gasteiger partial charge in [-0.2, -0.15) is 0 Å². The second-order valence-electron chi connectivity index (χ2n) is 3.97. The number of carbonyl (C=O) groups excluding carboxylic acids is 1. The number of ether oxygens (including phenoxy) is 1. The zero-order valence-corrected chi connectivity index (χ0v) is 11.5. The summed E-state index contributed by atoms with van der Waals surface area (Å²) >= 11 is 1.43. The Bertz CT molecular complexity index is 594. The molecule has 4 heteroatoms. The molecule has 0 atom stereocenters. The van der Waals surface area contributed by atoms with Crippen LogP contribution < -0.4 is 4.74 Å². The highest BCUT2D eigenvalue weighted by Crippen LogP contribution is 2.32. The lowest BCUT2D eigenvalue weighted by Crippen LogP contribution is -1.96. The van der Waals surface area contributed by atoms with E-state index in [1.807, 2.05) is 24.3 Å². The minimum absolute atomic E-state index is 0.143. The fraction of sp³-hybridized carbons (Fsp3) is 0.133. The monoisotopic (exact) mass is 276 g/mol. The van der Waals surface area contributed by atoms with Crippen LogP contribution in [-0.2, 0) is 0 Å². The molecule has 0 aliphatic rings. The molecule has 2 nitrogen and oxygen atoms in total. The van der Waals surface area contributed by atoms with E-state index < -0.39 is 5.82 Å². The van der Waals surface area contributed by atoms with Crippen molar-refractivity contribution >= 4 is 17.5 Å². The second-order valence-corrected chi connectivity index (χ2v) is 5.09. The summed E-state index contributed by atoms with van der Waals surface area (Å²) in [4.78, 5) is 13.2. The highest BCUT2D eigenvalue weighted by molar-refractivity contribution is 7.99. The standard InChI is InChI=1S/C15H13FO2S/c1-10(17)14-9-11(16)3-8-15(14)19-13-6-4-12(18-2)5-7-13/h3-9H,1-2H3. The minimum atomic E-state index is -0.399. The lowest BCUT2D eigenvalue weighted by atomic mass is 10.1. The molecule has 0 radical (unpaired) electrons. The van der Waals surface area contributed by atoms with Gasteiger partial charge in [-0.05, 0) is 49.4 Å². The van der Waals surface area contributed by atoms with Crippen molar-refractivity contribution in [2.45, 2.75) is 16.7 Å². The van der Waals surface area contributed by atoms with Crippen LogP contribution in [0.2, 0.25) is 0 Å². The normalized spacial score (nSPS) is 10.3. The molecule has 0 amide bonds. The summed E-state index contributed by atoms with van der Waals surface area (Å²) in [6.45, 7) is 1.44. The van der Waals surface area contributed by atoms with Crippen molar-refractivity contribution in [2.75, 3.05) is 7.11 Å². The van der Waals surface area contributed by atoms with Gasteiger partial charge in [0.25, 0.3) is 0 Å². The molecule has 0 heterocycles. The highest BCUT2D eigenvalue weighted by Gasteiger charge is 2.10. The van der Waals surface area contributed by atoms with Crippen LogP contribution in [0.1, 0.15) is 17.3 Å². The molecule has 0 saturated heterocycles. The fourth-order valence-corrected chi connectivity index (χ4v) is 2.61. The highest BCUT2D eigenvalue weighted by atomic mass is 32.2. The third-order valence-corrected chi connectivity index (χ3v) is 3.69. The summed E-state index contributed by atoms with van der Waals surface area (Å²) in [5.74, 6) is 0.232. The number of methoxy groups -OCH3 is 1. The van der Waals surface area contributed by atoms with Gasteiger partial charge in [0.05, 0.1) is 7.11 Å². The van der Waals surface area contributed by atoms with E-state index >= 15 is 0 Å². The van der Waals surface area contributed by atoms with Crippen molar-refractivity contribution < 1.29 is 13.9 Å². The van der Waals surface area contributed by atoms with E-state index in [9.17, 15) is 9.18 Å². The number of hydrogen-bond acceptors (Lipinski definition) is 3. The van der Waals surface area contributed by atoms with Crippen LogP contribution in [0.25, 0.3) is 0 Å². The van der Waals surface area contributed by atoms with Crippen LogP contribution >= 0.6 is 11.8 Å². The Kier molecular flexibility index (Phi) is 4.22. The number of hydrogen-bond donors (Lipinski definition) is 0. The lowest BCUT2D eigenvalue weighted by Gasteiger charge is -2.07. The van der Waals surface area contributed by atoms with E-state index in [0.717, 1.165) is 15.5 Å². The van der Waals surface area contributed by atoms with E-state index in [2.05, 4.69) is 0 Å². The second kappa shape index (κ2) is 5.89. The van der Waals surface area contributed by atoms with Gasteiger partial charge in [-0.25, -0.2) is 4.39 Å². The van der Waals surface area contributed by atoms with Crippen LogP contribution in [-0.4, -0.2) is 12.9 Å². The molecular formula is C15H13FO2S. The Hall–Kier alpha value is -1.81. The maximum atomic E-state index is 13.2. The number of ketones is 1. The maximum absolute atomic E-state index is 13.2. The Morgan fingerprint density at radius 3 is 2.42 bits per heavy atom. The van der Waals surface area contributed by atoms with Crippen molar-refractivity contribution in [1.82, 2.24) is 0 Å². The first-order chi connectivity index (χ1) is 9.10. The predicted octanol–water partition coefficient (Wildman–Crippen LogP) is 4.19. The quantitative estimate of drug-likeness (QED) is 0.783. The number of carbonyl (C=O) groups is 1. The molecule has 0 aromatic heterocycles. The molecule has 2 rings (SSSR count). The summed E-state index contributed by atoms with van der Waals surface area (Å²) in [5.41, 5.74) is 0.404. The first kappa shape index (κ1) is 13.6. The van der Waals surface area contributed by atoms with Gasteiger partial charge >= 0.3 is 0 Å². The Morgan fingerprint density at radius 1 is 1.16 bits per heavy atom. The van der Waals surface area contributed by atoms with Crippen LogP contribution in [0, 0.1) is 5.82 Å². The molecule has 98 valence electrons. The van der Waals surface area contributed by atoms with Gasteiger partial charge in [-0.15, -0.1) is 0 Å². The number of Topliss-reactive ketones (excluding diaryl/α,β-unsaturated/α-hetero) is 1. The SMILES string of the molecule is COc1ccc(Sc2ccc(F)cc2C(C)=O)cc1. The smallest absolute Gasteiger partial charge is 0.161 e. The van der Waals surface area contributed by atoms with Crippen molar-refractivity contribution in [1.29, 1.82) is 0 Å². The van der Waals surface area contributed by atoms with Crippen LogP contribution in [0.4, 0.5) is 4.39 Å². The van der Waals surface area contributed by atoms with E-state index in [1.54, 1.807) is 13.2 Å². The van der Waals surface area contributed by atoms with Crippen molar-refractivity contribution in [2.24, 2.45) is 0 Å². The Balaban J connectivity index is 2.29. The third kappa shape index (κ3) is 3.35.